The summed E-state index contributed by atoms with van der Waals surface area (Å²) in [6, 6.07) is 14.9. The molecule has 0 aliphatic rings. The lowest BCUT2D eigenvalue weighted by atomic mass is 9.97. The molecule has 1 aromatic heterocycles. The summed E-state index contributed by atoms with van der Waals surface area (Å²) in [5, 5.41) is 4.86. The summed E-state index contributed by atoms with van der Waals surface area (Å²) in [7, 11) is 0. The Kier molecular flexibility index (Phi) is 4.53. The van der Waals surface area contributed by atoms with Crippen LogP contribution in [0.2, 0.25) is 5.02 Å². The van der Waals surface area contributed by atoms with Crippen LogP contribution in [0.15, 0.2) is 61.2 Å². The Morgan fingerprint density at radius 1 is 1.13 bits per heavy atom. The van der Waals surface area contributed by atoms with E-state index in [4.69, 9.17) is 11.6 Å². The number of benzene rings is 2. The zero-order chi connectivity index (χ0) is 16.2. The number of aromatic nitrogens is 3. The Morgan fingerprint density at radius 3 is 2.43 bits per heavy atom. The minimum absolute atomic E-state index is 0.0699. The van der Waals surface area contributed by atoms with Gasteiger partial charge >= 0.3 is 0 Å². The van der Waals surface area contributed by atoms with Crippen LogP contribution in [0.5, 0.6) is 0 Å². The Balaban J connectivity index is 1.88. The van der Waals surface area contributed by atoms with E-state index in [9.17, 15) is 4.79 Å². The summed E-state index contributed by atoms with van der Waals surface area (Å²) in [5.74, 6) is 0.0699. The van der Waals surface area contributed by atoms with Gasteiger partial charge in [0.25, 0.3) is 0 Å². The van der Waals surface area contributed by atoms with E-state index >= 15 is 0 Å². The number of Topliss-reactive ketones (excluding diaryl/α,β-unsaturated/α-hetero) is 1. The fourth-order valence-electron chi connectivity index (χ4n) is 2.46. The van der Waals surface area contributed by atoms with Crippen LogP contribution in [0.1, 0.15) is 33.9 Å². The van der Waals surface area contributed by atoms with Gasteiger partial charge in [-0.05, 0) is 24.6 Å². The number of carbonyl (C=O) groups is 1. The van der Waals surface area contributed by atoms with Crippen LogP contribution in [0, 0.1) is 6.92 Å². The first-order valence-corrected chi connectivity index (χ1v) is 7.71. The van der Waals surface area contributed by atoms with Crippen LogP contribution in [-0.2, 0) is 0 Å². The Morgan fingerprint density at radius 2 is 1.83 bits per heavy atom. The van der Waals surface area contributed by atoms with Crippen molar-refractivity contribution in [2.75, 3.05) is 0 Å². The quantitative estimate of drug-likeness (QED) is 0.663. The predicted molar refractivity (Wildman–Crippen MR) is 89.7 cm³/mol. The fourth-order valence-corrected chi connectivity index (χ4v) is 2.59. The minimum Gasteiger partial charge on any atom is -0.294 e. The summed E-state index contributed by atoms with van der Waals surface area (Å²) >= 11 is 5.96. The molecule has 0 fully saturated rings. The molecule has 23 heavy (non-hydrogen) atoms. The maximum atomic E-state index is 12.6. The van der Waals surface area contributed by atoms with E-state index in [2.05, 4.69) is 10.1 Å². The molecule has 1 unspecified atom stereocenters. The highest BCUT2D eigenvalue weighted by Gasteiger charge is 2.19. The van der Waals surface area contributed by atoms with Gasteiger partial charge in [-0.2, -0.15) is 5.10 Å². The average molecular weight is 326 g/mol. The van der Waals surface area contributed by atoms with Gasteiger partial charge in [0.15, 0.2) is 5.78 Å². The first kappa shape index (κ1) is 15.4. The highest BCUT2D eigenvalue weighted by atomic mass is 35.5. The average Bonchev–Trinajstić information content (AvgIpc) is 3.08. The molecular formula is C18H16ClN3O. The molecule has 2 aromatic carbocycles. The molecule has 5 heteroatoms. The summed E-state index contributed by atoms with van der Waals surface area (Å²) in [4.78, 5) is 16.6. The van der Waals surface area contributed by atoms with E-state index in [1.807, 2.05) is 55.5 Å². The second kappa shape index (κ2) is 6.75. The minimum atomic E-state index is -0.205. The third-order valence-electron chi connectivity index (χ3n) is 3.76. The standard InChI is InChI=1S/C18H16ClN3O/c1-13-2-4-15(5-3-13)18(23)10-17(22-12-20-11-21-22)14-6-8-16(19)9-7-14/h2-9,11-12,17H,10H2,1H3. The van der Waals surface area contributed by atoms with Crippen molar-refractivity contribution in [3.8, 4) is 0 Å². The van der Waals surface area contributed by atoms with Crippen LogP contribution < -0.4 is 0 Å². The zero-order valence-electron chi connectivity index (χ0n) is 12.7. The van der Waals surface area contributed by atoms with Crippen LogP contribution in [0.25, 0.3) is 0 Å². The molecule has 0 spiro atoms. The number of hydrogen-bond donors (Lipinski definition) is 0. The van der Waals surface area contributed by atoms with Crippen molar-refractivity contribution >= 4 is 17.4 Å². The van der Waals surface area contributed by atoms with Gasteiger partial charge in [0.1, 0.15) is 12.7 Å². The topological polar surface area (TPSA) is 47.8 Å². The van der Waals surface area contributed by atoms with Gasteiger partial charge in [-0.15, -0.1) is 0 Å². The number of aryl methyl sites for hydroxylation is 1. The molecule has 3 rings (SSSR count). The van der Waals surface area contributed by atoms with Gasteiger partial charge in [0, 0.05) is 17.0 Å². The zero-order valence-corrected chi connectivity index (χ0v) is 13.4. The molecule has 0 aliphatic carbocycles. The van der Waals surface area contributed by atoms with Crippen molar-refractivity contribution in [2.24, 2.45) is 0 Å². The molecule has 0 N–H and O–H groups in total. The van der Waals surface area contributed by atoms with Gasteiger partial charge in [0.05, 0.1) is 6.04 Å². The van der Waals surface area contributed by atoms with Crippen molar-refractivity contribution in [3.05, 3.63) is 82.9 Å². The monoisotopic (exact) mass is 325 g/mol. The smallest absolute Gasteiger partial charge is 0.165 e. The number of rotatable bonds is 5. The van der Waals surface area contributed by atoms with Gasteiger partial charge in [-0.1, -0.05) is 53.6 Å². The van der Waals surface area contributed by atoms with E-state index in [0.717, 1.165) is 11.1 Å². The second-order valence-corrected chi connectivity index (χ2v) is 5.87. The molecule has 0 bridgehead atoms. The summed E-state index contributed by atoms with van der Waals surface area (Å²) in [6.07, 6.45) is 3.41. The van der Waals surface area contributed by atoms with Gasteiger partial charge in [-0.3, -0.25) is 4.79 Å². The molecule has 0 saturated carbocycles. The number of ketones is 1. The Bertz CT molecular complexity index is 780. The highest BCUT2D eigenvalue weighted by Crippen LogP contribution is 2.24. The first-order valence-electron chi connectivity index (χ1n) is 7.33. The van der Waals surface area contributed by atoms with Crippen LogP contribution in [0.4, 0.5) is 0 Å². The number of carbonyl (C=O) groups excluding carboxylic acids is 1. The second-order valence-electron chi connectivity index (χ2n) is 5.44. The lowest BCUT2D eigenvalue weighted by molar-refractivity contribution is 0.0967. The third kappa shape index (κ3) is 3.66. The van der Waals surface area contributed by atoms with Gasteiger partial charge in [0.2, 0.25) is 0 Å². The van der Waals surface area contributed by atoms with E-state index in [-0.39, 0.29) is 11.8 Å². The van der Waals surface area contributed by atoms with Crippen molar-refractivity contribution in [1.29, 1.82) is 0 Å². The van der Waals surface area contributed by atoms with E-state index in [1.165, 1.54) is 6.33 Å². The summed E-state index contributed by atoms with van der Waals surface area (Å²) < 4.78 is 1.70. The van der Waals surface area contributed by atoms with Crippen LogP contribution >= 0.6 is 11.6 Å². The van der Waals surface area contributed by atoms with E-state index in [0.29, 0.717) is 17.0 Å². The Labute approximate surface area is 139 Å². The molecular weight excluding hydrogens is 310 g/mol. The van der Waals surface area contributed by atoms with Crippen molar-refractivity contribution < 1.29 is 4.79 Å². The predicted octanol–water partition coefficient (Wildman–Crippen LogP) is 4.10. The van der Waals surface area contributed by atoms with E-state index < -0.39 is 0 Å². The SMILES string of the molecule is Cc1ccc(C(=O)CC(c2ccc(Cl)cc2)n2cncn2)cc1. The van der Waals surface area contributed by atoms with Crippen LogP contribution in [0.3, 0.4) is 0 Å². The maximum Gasteiger partial charge on any atom is 0.165 e. The summed E-state index contributed by atoms with van der Waals surface area (Å²) in [6.45, 7) is 2.00. The van der Waals surface area contributed by atoms with Crippen molar-refractivity contribution in [1.82, 2.24) is 14.8 Å². The van der Waals surface area contributed by atoms with Crippen molar-refractivity contribution in [3.63, 3.8) is 0 Å². The van der Waals surface area contributed by atoms with Crippen molar-refractivity contribution in [2.45, 2.75) is 19.4 Å². The third-order valence-corrected chi connectivity index (χ3v) is 4.01. The Hall–Kier alpha value is -2.46. The molecule has 0 amide bonds. The molecule has 0 radical (unpaired) electrons. The lowest BCUT2D eigenvalue weighted by Crippen LogP contribution is -2.16. The molecule has 3 aromatic rings. The number of hydrogen-bond acceptors (Lipinski definition) is 3. The molecule has 116 valence electrons. The summed E-state index contributed by atoms with van der Waals surface area (Å²) in [5.41, 5.74) is 2.81. The van der Waals surface area contributed by atoms with Crippen LogP contribution in [-0.4, -0.2) is 20.5 Å². The largest absolute Gasteiger partial charge is 0.294 e. The molecule has 0 aliphatic heterocycles. The normalized spacial score (nSPS) is 12.1. The maximum absolute atomic E-state index is 12.6. The number of halogens is 1. The lowest BCUT2D eigenvalue weighted by Gasteiger charge is -2.17. The van der Waals surface area contributed by atoms with Gasteiger partial charge < -0.3 is 0 Å². The molecule has 1 atom stereocenters. The van der Waals surface area contributed by atoms with Gasteiger partial charge in [-0.25, -0.2) is 9.67 Å². The number of nitrogens with zero attached hydrogens (tertiary/aromatic N) is 3. The fraction of sp³-hybridized carbons (Fsp3) is 0.167. The highest BCUT2D eigenvalue weighted by molar-refractivity contribution is 6.30. The molecule has 4 nitrogen and oxygen atoms in total. The van der Waals surface area contributed by atoms with E-state index in [1.54, 1.807) is 11.0 Å². The molecule has 1 heterocycles. The first-order chi connectivity index (χ1) is 11.1. The molecule has 0 saturated heterocycles.